The maximum Gasteiger partial charge on any atom is 0.336 e. The summed E-state index contributed by atoms with van der Waals surface area (Å²) in [5.74, 6) is -2.25. The molecule has 0 aromatic heterocycles. The van der Waals surface area contributed by atoms with Crippen molar-refractivity contribution >= 4 is 22.7 Å². The van der Waals surface area contributed by atoms with Crippen molar-refractivity contribution in [1.82, 2.24) is 0 Å². The molecule has 0 fully saturated rings. The zero-order valence-electron chi connectivity index (χ0n) is 14.8. The Bertz CT molecular complexity index is 996. The predicted molar refractivity (Wildman–Crippen MR) is 105 cm³/mol. The van der Waals surface area contributed by atoms with Crippen molar-refractivity contribution in [3.8, 4) is 11.1 Å². The molecular formula is C22H21NO4. The third-order valence-electron chi connectivity index (χ3n) is 4.68. The Morgan fingerprint density at radius 2 is 1.63 bits per heavy atom. The predicted octanol–water partition coefficient (Wildman–Crippen LogP) is 4.18. The van der Waals surface area contributed by atoms with E-state index >= 15 is 0 Å². The lowest BCUT2D eigenvalue weighted by Gasteiger charge is -2.17. The van der Waals surface area contributed by atoms with Gasteiger partial charge in [-0.1, -0.05) is 42.5 Å². The number of aromatic carboxylic acids is 2. The summed E-state index contributed by atoms with van der Waals surface area (Å²) in [5, 5.41) is 20.4. The third kappa shape index (κ3) is 3.68. The minimum Gasteiger partial charge on any atom is -0.478 e. The molecule has 4 N–H and O–H groups in total. The Labute approximate surface area is 157 Å². The average molecular weight is 363 g/mol. The van der Waals surface area contributed by atoms with Crippen LogP contribution in [0.1, 0.15) is 39.1 Å². The van der Waals surface area contributed by atoms with Crippen LogP contribution in [0, 0.1) is 0 Å². The van der Waals surface area contributed by atoms with Gasteiger partial charge in [0.15, 0.2) is 0 Å². The van der Waals surface area contributed by atoms with E-state index in [0.29, 0.717) is 23.9 Å². The number of unbranched alkanes of at least 4 members (excludes halogenated alkanes) is 1. The molecular weight excluding hydrogens is 342 g/mol. The summed E-state index contributed by atoms with van der Waals surface area (Å²) in [7, 11) is 0. The van der Waals surface area contributed by atoms with E-state index in [2.05, 4.69) is 0 Å². The number of carboxylic acids is 2. The first-order valence-corrected chi connectivity index (χ1v) is 8.85. The quantitative estimate of drug-likeness (QED) is 0.547. The van der Waals surface area contributed by atoms with Gasteiger partial charge < -0.3 is 15.9 Å². The van der Waals surface area contributed by atoms with Gasteiger partial charge in [-0.3, -0.25) is 0 Å². The molecule has 0 unspecified atom stereocenters. The van der Waals surface area contributed by atoms with E-state index in [4.69, 9.17) is 5.73 Å². The molecule has 138 valence electrons. The van der Waals surface area contributed by atoms with Crippen molar-refractivity contribution in [2.24, 2.45) is 5.73 Å². The summed E-state index contributed by atoms with van der Waals surface area (Å²) in [6.45, 7) is 0.525. The minimum absolute atomic E-state index is 0.00425. The van der Waals surface area contributed by atoms with Gasteiger partial charge >= 0.3 is 11.9 Å². The maximum atomic E-state index is 12.2. The molecule has 5 nitrogen and oxygen atoms in total. The summed E-state index contributed by atoms with van der Waals surface area (Å²) < 4.78 is 0. The monoisotopic (exact) mass is 363 g/mol. The van der Waals surface area contributed by atoms with Crippen molar-refractivity contribution < 1.29 is 19.8 Å². The first kappa shape index (κ1) is 18.6. The van der Waals surface area contributed by atoms with Crippen molar-refractivity contribution in [2.45, 2.75) is 19.3 Å². The molecule has 0 amide bonds. The molecule has 0 atom stereocenters. The van der Waals surface area contributed by atoms with E-state index < -0.39 is 11.9 Å². The molecule has 0 aliphatic heterocycles. The summed E-state index contributed by atoms with van der Waals surface area (Å²) >= 11 is 0. The Balaban J connectivity index is 2.39. The Hall–Kier alpha value is -3.18. The van der Waals surface area contributed by atoms with E-state index in [1.54, 1.807) is 12.1 Å². The summed E-state index contributed by atoms with van der Waals surface area (Å²) in [6.07, 6.45) is 2.02. The van der Waals surface area contributed by atoms with Crippen molar-refractivity contribution in [1.29, 1.82) is 0 Å². The highest BCUT2D eigenvalue weighted by Crippen LogP contribution is 2.35. The van der Waals surface area contributed by atoms with E-state index in [-0.39, 0.29) is 16.5 Å². The van der Waals surface area contributed by atoms with Gasteiger partial charge in [0.05, 0.1) is 11.1 Å². The standard InChI is InChI=1S/C22H21NO4/c23-12-5-4-10-16-18(14-7-2-1-3-8-14)13-15-9-6-11-17(21(24)25)19(15)20(16)22(26)27/h1-3,6-9,11,13H,4-5,10,12,23H2,(H,24,25)(H,26,27). The van der Waals surface area contributed by atoms with Crippen LogP contribution in [0.5, 0.6) is 0 Å². The number of nitrogens with two attached hydrogens (primary N) is 1. The lowest BCUT2D eigenvalue weighted by molar-refractivity contribution is 0.0694. The summed E-state index contributed by atoms with van der Waals surface area (Å²) in [4.78, 5) is 23.9. The van der Waals surface area contributed by atoms with Crippen LogP contribution in [0.3, 0.4) is 0 Å². The van der Waals surface area contributed by atoms with Gasteiger partial charge in [-0.25, -0.2) is 9.59 Å². The van der Waals surface area contributed by atoms with E-state index in [0.717, 1.165) is 24.0 Å². The van der Waals surface area contributed by atoms with Crippen LogP contribution in [0.15, 0.2) is 54.6 Å². The number of carboxylic acid groups (broad SMARTS) is 2. The van der Waals surface area contributed by atoms with Gasteiger partial charge in [0.25, 0.3) is 0 Å². The first-order valence-electron chi connectivity index (χ1n) is 8.85. The topological polar surface area (TPSA) is 101 Å². The zero-order valence-corrected chi connectivity index (χ0v) is 14.8. The van der Waals surface area contributed by atoms with Crippen LogP contribution in [0.4, 0.5) is 0 Å². The van der Waals surface area contributed by atoms with Crippen LogP contribution in [-0.2, 0) is 6.42 Å². The molecule has 5 heteroatoms. The lowest BCUT2D eigenvalue weighted by atomic mass is 9.86. The molecule has 0 saturated heterocycles. The van der Waals surface area contributed by atoms with E-state index in [1.165, 1.54) is 6.07 Å². The lowest BCUT2D eigenvalue weighted by Crippen LogP contribution is -2.10. The number of hydrogen-bond acceptors (Lipinski definition) is 3. The molecule has 0 aliphatic carbocycles. The highest BCUT2D eigenvalue weighted by atomic mass is 16.4. The second-order valence-corrected chi connectivity index (χ2v) is 6.40. The zero-order chi connectivity index (χ0) is 19.4. The van der Waals surface area contributed by atoms with Gasteiger partial charge in [0.2, 0.25) is 0 Å². The smallest absolute Gasteiger partial charge is 0.336 e. The van der Waals surface area contributed by atoms with Gasteiger partial charge in [-0.2, -0.15) is 0 Å². The van der Waals surface area contributed by atoms with Gasteiger partial charge in [-0.15, -0.1) is 0 Å². The molecule has 3 aromatic rings. The van der Waals surface area contributed by atoms with Gasteiger partial charge in [0.1, 0.15) is 0 Å². The van der Waals surface area contributed by atoms with E-state index in [1.807, 2.05) is 36.4 Å². The first-order chi connectivity index (χ1) is 13.0. The van der Waals surface area contributed by atoms with Crippen LogP contribution in [0.25, 0.3) is 21.9 Å². The second-order valence-electron chi connectivity index (χ2n) is 6.40. The largest absolute Gasteiger partial charge is 0.478 e. The van der Waals surface area contributed by atoms with Crippen LogP contribution < -0.4 is 5.73 Å². The van der Waals surface area contributed by atoms with Gasteiger partial charge in [0, 0.05) is 5.39 Å². The Morgan fingerprint density at radius 3 is 2.26 bits per heavy atom. The normalized spacial score (nSPS) is 10.9. The van der Waals surface area contributed by atoms with E-state index in [9.17, 15) is 19.8 Å². The fraction of sp³-hybridized carbons (Fsp3) is 0.182. The minimum atomic E-state index is -1.14. The molecule has 3 aromatic carbocycles. The van der Waals surface area contributed by atoms with Crippen LogP contribution in [0.2, 0.25) is 0 Å². The molecule has 0 radical (unpaired) electrons. The maximum absolute atomic E-state index is 12.2. The SMILES string of the molecule is NCCCCc1c(-c2ccccc2)cc2cccc(C(=O)O)c2c1C(=O)O. The molecule has 27 heavy (non-hydrogen) atoms. The van der Waals surface area contributed by atoms with Crippen LogP contribution in [-0.4, -0.2) is 28.7 Å². The van der Waals surface area contributed by atoms with Crippen molar-refractivity contribution in [3.63, 3.8) is 0 Å². The molecule has 0 aliphatic rings. The Morgan fingerprint density at radius 1 is 0.889 bits per heavy atom. The molecule has 0 heterocycles. The number of rotatable bonds is 7. The van der Waals surface area contributed by atoms with Crippen molar-refractivity contribution in [3.05, 3.63) is 71.3 Å². The van der Waals surface area contributed by atoms with Crippen LogP contribution >= 0.6 is 0 Å². The fourth-order valence-corrected chi connectivity index (χ4v) is 3.49. The molecule has 3 rings (SSSR count). The summed E-state index contributed by atoms with van der Waals surface area (Å²) in [5.41, 5.74) is 8.06. The van der Waals surface area contributed by atoms with Gasteiger partial charge in [-0.05, 0) is 60.0 Å². The molecule has 0 saturated carbocycles. The number of carbonyl (C=O) groups is 2. The fourth-order valence-electron chi connectivity index (χ4n) is 3.49. The second kappa shape index (κ2) is 8.01. The highest BCUT2D eigenvalue weighted by Gasteiger charge is 2.23. The third-order valence-corrected chi connectivity index (χ3v) is 4.68. The average Bonchev–Trinajstić information content (AvgIpc) is 2.67. The number of fused-ring (bicyclic) bond motifs is 1. The highest BCUT2D eigenvalue weighted by molar-refractivity contribution is 6.15. The Kier molecular flexibility index (Phi) is 5.52. The summed E-state index contributed by atoms with van der Waals surface area (Å²) in [6, 6.07) is 16.3. The molecule has 0 spiro atoms. The number of benzene rings is 3. The van der Waals surface area contributed by atoms with Crippen molar-refractivity contribution in [2.75, 3.05) is 6.54 Å². The number of hydrogen-bond donors (Lipinski definition) is 3. The molecule has 0 bridgehead atoms.